The third kappa shape index (κ3) is 3.11. The van der Waals surface area contributed by atoms with Crippen LogP contribution in [-0.2, 0) is 0 Å². The van der Waals surface area contributed by atoms with Gasteiger partial charge in [0, 0.05) is 24.6 Å². The highest BCUT2D eigenvalue weighted by atomic mass is 15.1. The van der Waals surface area contributed by atoms with Crippen molar-refractivity contribution in [3.63, 3.8) is 0 Å². The van der Waals surface area contributed by atoms with Gasteiger partial charge in [-0.05, 0) is 36.6 Å². The predicted octanol–water partition coefficient (Wildman–Crippen LogP) is 2.74. The van der Waals surface area contributed by atoms with Gasteiger partial charge in [0.15, 0.2) is 0 Å². The molecule has 1 saturated carbocycles. The van der Waals surface area contributed by atoms with Crippen LogP contribution in [0.15, 0.2) is 42.4 Å². The number of rotatable bonds is 3. The van der Waals surface area contributed by atoms with Gasteiger partial charge in [-0.3, -0.25) is 0 Å². The summed E-state index contributed by atoms with van der Waals surface area (Å²) in [4.78, 5) is 8.75. The Bertz CT molecular complexity index is 631. The molecular weight excluding hydrogens is 262 g/mol. The third-order valence-corrected chi connectivity index (χ3v) is 3.72. The maximum atomic E-state index is 9.43. The van der Waals surface area contributed by atoms with Crippen molar-refractivity contribution in [2.24, 2.45) is 0 Å². The minimum atomic E-state index is 0.456. The summed E-state index contributed by atoms with van der Waals surface area (Å²) in [7, 11) is 0. The fourth-order valence-electron chi connectivity index (χ4n) is 2.64. The van der Waals surface area contributed by atoms with Crippen LogP contribution in [-0.4, -0.2) is 16.0 Å². The van der Waals surface area contributed by atoms with E-state index in [1.165, 1.54) is 12.8 Å². The lowest BCUT2D eigenvalue weighted by molar-refractivity contribution is 0.743. The molecule has 0 aromatic carbocycles. The minimum absolute atomic E-state index is 0.456. The van der Waals surface area contributed by atoms with Gasteiger partial charge in [-0.15, -0.1) is 0 Å². The standard InChI is InChI=1S/C16H17N5/c17-11-14(12-5-8-18-9-6-12)15-7-10-19-16(21-15)20-13-3-1-2-4-13/h5-10,13,18H,1-4H2,(H,19,20,21). The first-order chi connectivity index (χ1) is 10.4. The van der Waals surface area contributed by atoms with E-state index in [9.17, 15) is 5.26 Å². The smallest absolute Gasteiger partial charge is 0.223 e. The number of hydrogen-bond donors (Lipinski definition) is 2. The van der Waals surface area contributed by atoms with Crippen LogP contribution in [0.5, 0.6) is 0 Å². The summed E-state index contributed by atoms with van der Waals surface area (Å²) in [6, 6.07) is 4.47. The van der Waals surface area contributed by atoms with Crippen LogP contribution < -0.4 is 10.6 Å². The van der Waals surface area contributed by atoms with Crippen LogP contribution in [0.2, 0.25) is 0 Å². The molecule has 1 fully saturated rings. The zero-order chi connectivity index (χ0) is 14.5. The van der Waals surface area contributed by atoms with E-state index in [0.29, 0.717) is 23.3 Å². The molecule has 1 aromatic heterocycles. The molecule has 0 saturated heterocycles. The molecule has 0 bridgehead atoms. The molecule has 21 heavy (non-hydrogen) atoms. The molecule has 0 radical (unpaired) electrons. The second-order valence-corrected chi connectivity index (χ2v) is 5.17. The van der Waals surface area contributed by atoms with Crippen molar-refractivity contribution < 1.29 is 0 Å². The first kappa shape index (κ1) is 13.4. The molecule has 1 aromatic rings. The fourth-order valence-corrected chi connectivity index (χ4v) is 2.64. The molecule has 0 spiro atoms. The highest BCUT2D eigenvalue weighted by Crippen LogP contribution is 2.23. The van der Waals surface area contributed by atoms with E-state index in [4.69, 9.17) is 0 Å². The Morgan fingerprint density at radius 2 is 2.05 bits per heavy atom. The van der Waals surface area contributed by atoms with Gasteiger partial charge in [-0.1, -0.05) is 12.8 Å². The van der Waals surface area contributed by atoms with Crippen LogP contribution in [0, 0.1) is 11.3 Å². The maximum Gasteiger partial charge on any atom is 0.223 e. The molecule has 0 atom stereocenters. The number of anilines is 1. The molecule has 1 aliphatic heterocycles. The van der Waals surface area contributed by atoms with Gasteiger partial charge in [0.2, 0.25) is 5.95 Å². The monoisotopic (exact) mass is 279 g/mol. The highest BCUT2D eigenvalue weighted by molar-refractivity contribution is 5.81. The molecule has 0 amide bonds. The zero-order valence-corrected chi connectivity index (χ0v) is 11.7. The van der Waals surface area contributed by atoms with Gasteiger partial charge in [-0.25, -0.2) is 9.97 Å². The van der Waals surface area contributed by atoms with Crippen molar-refractivity contribution in [2.75, 3.05) is 5.32 Å². The van der Waals surface area contributed by atoms with Crippen LogP contribution in [0.3, 0.4) is 0 Å². The SMILES string of the molecule is N#CC(=C1C=CNC=C1)c1ccnc(NC2CCCC2)n1. The Hall–Kier alpha value is -2.61. The van der Waals surface area contributed by atoms with E-state index >= 15 is 0 Å². The lowest BCUT2D eigenvalue weighted by Gasteiger charge is -2.12. The van der Waals surface area contributed by atoms with Crippen LogP contribution in [0.4, 0.5) is 5.95 Å². The van der Waals surface area contributed by atoms with Crippen molar-refractivity contribution in [1.29, 1.82) is 5.26 Å². The molecule has 2 N–H and O–H groups in total. The average molecular weight is 279 g/mol. The summed E-state index contributed by atoms with van der Waals surface area (Å²) in [6.07, 6.45) is 13.9. The lowest BCUT2D eigenvalue weighted by atomic mass is 10.0. The van der Waals surface area contributed by atoms with Gasteiger partial charge in [0.05, 0.1) is 11.3 Å². The van der Waals surface area contributed by atoms with Crippen LogP contribution >= 0.6 is 0 Å². The summed E-state index contributed by atoms with van der Waals surface area (Å²) in [5.74, 6) is 0.606. The van der Waals surface area contributed by atoms with E-state index in [2.05, 4.69) is 26.7 Å². The largest absolute Gasteiger partial charge is 0.368 e. The summed E-state index contributed by atoms with van der Waals surface area (Å²) >= 11 is 0. The second-order valence-electron chi connectivity index (χ2n) is 5.17. The lowest BCUT2D eigenvalue weighted by Crippen LogP contribution is -2.16. The number of hydrogen-bond acceptors (Lipinski definition) is 5. The highest BCUT2D eigenvalue weighted by Gasteiger charge is 2.16. The Balaban J connectivity index is 1.87. The molecule has 0 unspecified atom stereocenters. The van der Waals surface area contributed by atoms with Crippen LogP contribution in [0.1, 0.15) is 31.4 Å². The van der Waals surface area contributed by atoms with Crippen molar-refractivity contribution in [3.8, 4) is 6.07 Å². The van der Waals surface area contributed by atoms with Gasteiger partial charge < -0.3 is 10.6 Å². The first-order valence-corrected chi connectivity index (χ1v) is 7.20. The molecule has 2 aliphatic rings. The number of aromatic nitrogens is 2. The summed E-state index contributed by atoms with van der Waals surface area (Å²) in [6.45, 7) is 0. The Labute approximate surface area is 124 Å². The van der Waals surface area contributed by atoms with Gasteiger partial charge in [-0.2, -0.15) is 5.26 Å². The third-order valence-electron chi connectivity index (χ3n) is 3.72. The first-order valence-electron chi connectivity index (χ1n) is 7.20. The normalized spacial score (nSPS) is 17.4. The van der Waals surface area contributed by atoms with Crippen molar-refractivity contribution in [1.82, 2.24) is 15.3 Å². The van der Waals surface area contributed by atoms with Gasteiger partial charge in [0.25, 0.3) is 0 Å². The predicted molar refractivity (Wildman–Crippen MR) is 81.9 cm³/mol. The summed E-state index contributed by atoms with van der Waals surface area (Å²) in [5, 5.41) is 15.7. The van der Waals surface area contributed by atoms with Crippen molar-refractivity contribution in [3.05, 3.63) is 48.1 Å². The zero-order valence-electron chi connectivity index (χ0n) is 11.7. The molecular formula is C16H17N5. The molecule has 5 nitrogen and oxygen atoms in total. The van der Waals surface area contributed by atoms with Gasteiger partial charge >= 0.3 is 0 Å². The summed E-state index contributed by atoms with van der Waals surface area (Å²) < 4.78 is 0. The number of allylic oxidation sites excluding steroid dienone is 4. The van der Waals surface area contributed by atoms with Crippen molar-refractivity contribution in [2.45, 2.75) is 31.7 Å². The number of nitriles is 1. The number of nitrogens with zero attached hydrogens (tertiary/aromatic N) is 3. The molecule has 2 heterocycles. The Morgan fingerprint density at radius 1 is 1.29 bits per heavy atom. The van der Waals surface area contributed by atoms with E-state index in [0.717, 1.165) is 18.4 Å². The molecule has 106 valence electrons. The fraction of sp³-hybridized carbons (Fsp3) is 0.312. The van der Waals surface area contributed by atoms with Crippen molar-refractivity contribution >= 4 is 11.5 Å². The Morgan fingerprint density at radius 3 is 2.76 bits per heavy atom. The Kier molecular flexibility index (Phi) is 3.97. The maximum absolute atomic E-state index is 9.43. The average Bonchev–Trinajstić information content (AvgIpc) is 3.02. The van der Waals surface area contributed by atoms with E-state index in [1.807, 2.05) is 12.2 Å². The topological polar surface area (TPSA) is 73.6 Å². The molecule has 1 aliphatic carbocycles. The van der Waals surface area contributed by atoms with E-state index in [1.54, 1.807) is 24.7 Å². The van der Waals surface area contributed by atoms with Gasteiger partial charge in [0.1, 0.15) is 6.07 Å². The number of nitrogens with one attached hydrogen (secondary N) is 2. The quantitative estimate of drug-likeness (QED) is 0.832. The summed E-state index contributed by atoms with van der Waals surface area (Å²) in [5.41, 5.74) is 2.06. The minimum Gasteiger partial charge on any atom is -0.368 e. The number of dihydropyridines is 1. The second kappa shape index (κ2) is 6.23. The van der Waals surface area contributed by atoms with E-state index < -0.39 is 0 Å². The van der Waals surface area contributed by atoms with E-state index in [-0.39, 0.29) is 0 Å². The van der Waals surface area contributed by atoms with Crippen LogP contribution in [0.25, 0.3) is 5.57 Å². The molecule has 3 rings (SSSR count). The molecule has 5 heteroatoms.